The molecular weight excluding hydrogens is 911 g/mol. The lowest BCUT2D eigenvalue weighted by Crippen LogP contribution is -2.32. The molecule has 0 atom stereocenters. The highest BCUT2D eigenvalue weighted by atomic mass is 16.5. The minimum Gasteiger partial charge on any atom is -0.457 e. The average molecular weight is 956 g/mol. The van der Waals surface area contributed by atoms with Crippen LogP contribution in [0.15, 0.2) is 273 Å². The molecule has 0 aromatic heterocycles. The van der Waals surface area contributed by atoms with Crippen LogP contribution in [-0.4, -0.2) is 0 Å². The second-order valence-corrected chi connectivity index (χ2v) is 20.2. The van der Waals surface area contributed by atoms with Gasteiger partial charge < -0.3 is 14.4 Å². The van der Waals surface area contributed by atoms with Gasteiger partial charge in [0.05, 0.1) is 16.5 Å². The van der Waals surface area contributed by atoms with Gasteiger partial charge in [-0.25, -0.2) is 0 Å². The van der Waals surface area contributed by atoms with Gasteiger partial charge in [0.15, 0.2) is 0 Å². The van der Waals surface area contributed by atoms with Gasteiger partial charge in [-0.2, -0.15) is 0 Å². The Balaban J connectivity index is 0.990. The van der Waals surface area contributed by atoms with Crippen LogP contribution in [0.1, 0.15) is 44.5 Å². The Labute approximate surface area is 435 Å². The molecule has 0 fully saturated rings. The van der Waals surface area contributed by atoms with E-state index in [4.69, 9.17) is 9.47 Å². The first kappa shape index (κ1) is 41.9. The summed E-state index contributed by atoms with van der Waals surface area (Å²) in [4.78, 5) is 2.51. The van der Waals surface area contributed by atoms with Crippen molar-refractivity contribution in [3.05, 3.63) is 317 Å². The first-order valence-corrected chi connectivity index (χ1v) is 25.9. The third-order valence-electron chi connectivity index (χ3n) is 16.6. The van der Waals surface area contributed by atoms with E-state index in [9.17, 15) is 0 Å². The lowest BCUT2D eigenvalue weighted by atomic mass is 9.66. The highest BCUT2D eigenvalue weighted by Gasteiger charge is 2.53. The molecule has 2 heterocycles. The second-order valence-electron chi connectivity index (χ2n) is 20.2. The smallest absolute Gasteiger partial charge is 0.132 e. The van der Waals surface area contributed by atoms with E-state index in [2.05, 4.69) is 278 Å². The quantitative estimate of drug-likeness (QED) is 0.172. The van der Waals surface area contributed by atoms with Gasteiger partial charge in [0.1, 0.15) is 23.0 Å². The van der Waals surface area contributed by atoms with Crippen molar-refractivity contribution in [2.75, 3.05) is 4.90 Å². The molecule has 12 aromatic rings. The second kappa shape index (κ2) is 15.9. The number of anilines is 3. The van der Waals surface area contributed by atoms with E-state index in [1.807, 2.05) is 0 Å². The first-order valence-electron chi connectivity index (χ1n) is 25.9. The zero-order chi connectivity index (χ0) is 49.2. The van der Waals surface area contributed by atoms with Gasteiger partial charge in [-0.05, 0) is 127 Å². The Morgan fingerprint density at radius 3 is 1.33 bits per heavy atom. The third kappa shape index (κ3) is 5.75. The first-order chi connectivity index (χ1) is 37.2. The highest BCUT2D eigenvalue weighted by Crippen LogP contribution is 2.65. The Morgan fingerprint density at radius 2 is 0.707 bits per heavy atom. The number of ether oxygens (including phenoxy) is 2. The van der Waals surface area contributed by atoms with Crippen molar-refractivity contribution in [3.8, 4) is 67.5 Å². The predicted molar refractivity (Wildman–Crippen MR) is 304 cm³/mol. The van der Waals surface area contributed by atoms with E-state index >= 15 is 0 Å². The topological polar surface area (TPSA) is 21.7 Å². The summed E-state index contributed by atoms with van der Waals surface area (Å²) in [5.74, 6) is 3.49. The summed E-state index contributed by atoms with van der Waals surface area (Å²) >= 11 is 0. The monoisotopic (exact) mass is 955 g/mol. The van der Waals surface area contributed by atoms with Crippen LogP contribution >= 0.6 is 0 Å². The summed E-state index contributed by atoms with van der Waals surface area (Å²) in [5.41, 5.74) is 20.9. The van der Waals surface area contributed by atoms with Gasteiger partial charge >= 0.3 is 0 Å². The zero-order valence-electron chi connectivity index (χ0n) is 40.7. The predicted octanol–water partition coefficient (Wildman–Crippen LogP) is 18.6. The molecule has 0 bridgehead atoms. The van der Waals surface area contributed by atoms with Gasteiger partial charge in [0.25, 0.3) is 0 Å². The van der Waals surface area contributed by atoms with Crippen molar-refractivity contribution in [2.45, 2.75) is 10.8 Å². The molecule has 2 aliphatic heterocycles. The fourth-order valence-corrected chi connectivity index (χ4v) is 13.6. The van der Waals surface area contributed by atoms with Crippen molar-refractivity contribution >= 4 is 27.8 Å². The zero-order valence-corrected chi connectivity index (χ0v) is 40.7. The SMILES string of the molecule is c1ccc(-c2ccc(-c3ccccc3N(c3ccc4c(c3)C3(c5ccccc5Oc5ccccc53)c3ccccc3-4)c3ccc4c(c3)C3(c5ccccc5Oc5ccccc53)c3ccc5ccccc5c3-4)cc2)cc1. The summed E-state index contributed by atoms with van der Waals surface area (Å²) in [5, 5.41) is 2.46. The number of hydrogen-bond donors (Lipinski definition) is 0. The lowest BCUT2D eigenvalue weighted by Gasteiger charge is -2.40. The molecule has 350 valence electrons. The molecule has 16 rings (SSSR count). The van der Waals surface area contributed by atoms with Crippen molar-refractivity contribution in [1.82, 2.24) is 0 Å². The van der Waals surface area contributed by atoms with Gasteiger partial charge in [-0.3, -0.25) is 0 Å². The third-order valence-corrected chi connectivity index (χ3v) is 16.6. The summed E-state index contributed by atoms with van der Waals surface area (Å²) in [6.45, 7) is 0. The largest absolute Gasteiger partial charge is 0.457 e. The van der Waals surface area contributed by atoms with Crippen LogP contribution in [-0.2, 0) is 10.8 Å². The molecule has 2 spiro atoms. The van der Waals surface area contributed by atoms with E-state index < -0.39 is 10.8 Å². The molecule has 4 aliphatic rings. The number of nitrogens with zero attached hydrogens (tertiary/aromatic N) is 1. The van der Waals surface area contributed by atoms with Crippen LogP contribution in [0.2, 0.25) is 0 Å². The fourth-order valence-electron chi connectivity index (χ4n) is 13.6. The number of hydrogen-bond acceptors (Lipinski definition) is 3. The summed E-state index contributed by atoms with van der Waals surface area (Å²) in [7, 11) is 0. The minimum atomic E-state index is -0.687. The summed E-state index contributed by atoms with van der Waals surface area (Å²) in [6, 6.07) is 100. The molecule has 3 heteroatoms. The molecule has 0 saturated carbocycles. The van der Waals surface area contributed by atoms with Gasteiger partial charge in [-0.15, -0.1) is 0 Å². The molecule has 0 radical (unpaired) electrons. The molecule has 12 aromatic carbocycles. The Hall–Kier alpha value is -9.70. The Kier molecular flexibility index (Phi) is 8.88. The van der Waals surface area contributed by atoms with Crippen LogP contribution < -0.4 is 14.4 Å². The number of rotatable bonds is 5. The van der Waals surface area contributed by atoms with Crippen LogP contribution in [0.3, 0.4) is 0 Å². The standard InChI is InChI=1S/C72H45NO2/c1-2-18-46(19-3-1)47-34-36-49(37-35-47)52-21-7-13-29-65(52)73(50-39-41-55-54-23-6-8-24-57(54)71(63(55)44-50)58-25-9-14-30-66(58)74-67-31-15-10-26-59(67)71)51-40-42-56-64(45-51)72(62-43-38-48-20-4-5-22-53(48)70(56)62)60-27-11-16-32-68(60)75-69-33-17-12-28-61(69)72/h1-45H. The van der Waals surface area contributed by atoms with Gasteiger partial charge in [0.2, 0.25) is 0 Å². The maximum Gasteiger partial charge on any atom is 0.132 e. The fraction of sp³-hybridized carbons (Fsp3) is 0.0278. The lowest BCUT2D eigenvalue weighted by molar-refractivity contribution is 0.436. The highest BCUT2D eigenvalue weighted by molar-refractivity contribution is 6.05. The van der Waals surface area contributed by atoms with Crippen molar-refractivity contribution in [2.24, 2.45) is 0 Å². The van der Waals surface area contributed by atoms with Crippen molar-refractivity contribution in [3.63, 3.8) is 0 Å². The van der Waals surface area contributed by atoms with Gasteiger partial charge in [-0.1, -0.05) is 218 Å². The minimum absolute atomic E-state index is 0.647. The van der Waals surface area contributed by atoms with E-state index in [1.165, 1.54) is 66.4 Å². The van der Waals surface area contributed by atoms with E-state index in [0.29, 0.717) is 0 Å². The molecule has 0 N–H and O–H groups in total. The van der Waals surface area contributed by atoms with E-state index in [0.717, 1.165) is 73.4 Å². The molecule has 75 heavy (non-hydrogen) atoms. The molecule has 0 unspecified atom stereocenters. The van der Waals surface area contributed by atoms with Crippen LogP contribution in [0.5, 0.6) is 23.0 Å². The maximum absolute atomic E-state index is 6.85. The van der Waals surface area contributed by atoms with E-state index in [-0.39, 0.29) is 0 Å². The number of fused-ring (bicyclic) bond motifs is 20. The molecule has 3 nitrogen and oxygen atoms in total. The van der Waals surface area contributed by atoms with Crippen LogP contribution in [0.4, 0.5) is 17.1 Å². The normalized spacial score (nSPS) is 14.0. The summed E-state index contributed by atoms with van der Waals surface area (Å²) < 4.78 is 13.6. The maximum atomic E-state index is 6.85. The molecule has 0 saturated heterocycles. The number of para-hydroxylation sites is 5. The molecular formula is C72H45NO2. The van der Waals surface area contributed by atoms with E-state index in [1.54, 1.807) is 0 Å². The Bertz CT molecular complexity index is 4230. The average Bonchev–Trinajstić information content (AvgIpc) is 4.11. The summed E-state index contributed by atoms with van der Waals surface area (Å²) in [6.07, 6.45) is 0. The van der Waals surface area contributed by atoms with Crippen LogP contribution in [0.25, 0.3) is 55.3 Å². The molecule has 2 aliphatic carbocycles. The van der Waals surface area contributed by atoms with Crippen LogP contribution in [0, 0.1) is 0 Å². The Morgan fingerprint density at radius 1 is 0.267 bits per heavy atom. The number of benzene rings is 12. The van der Waals surface area contributed by atoms with Crippen molar-refractivity contribution < 1.29 is 9.47 Å². The molecule has 0 amide bonds. The van der Waals surface area contributed by atoms with Crippen molar-refractivity contribution in [1.29, 1.82) is 0 Å². The van der Waals surface area contributed by atoms with Gasteiger partial charge in [0, 0.05) is 39.2 Å².